The Labute approximate surface area is 85.4 Å². The maximum atomic E-state index is 11.3. The lowest BCUT2D eigenvalue weighted by Crippen LogP contribution is -1.92. The van der Waals surface area contributed by atoms with Crippen molar-refractivity contribution in [1.29, 1.82) is 0 Å². The van der Waals surface area contributed by atoms with Gasteiger partial charge in [0.2, 0.25) is 0 Å². The molecule has 0 spiro atoms. The van der Waals surface area contributed by atoms with Crippen molar-refractivity contribution < 1.29 is 9.09 Å². The highest BCUT2D eigenvalue weighted by molar-refractivity contribution is 7.88. The molecule has 0 radical (unpaired) electrons. The molecule has 0 saturated heterocycles. The van der Waals surface area contributed by atoms with Crippen molar-refractivity contribution in [3.05, 3.63) is 34.6 Å². The molecule has 0 aliphatic carbocycles. The highest BCUT2D eigenvalue weighted by atomic mass is 35.7. The minimum absolute atomic E-state index is 0.505. The molecule has 0 amide bonds. The van der Waals surface area contributed by atoms with E-state index in [1.807, 2.05) is 0 Å². The van der Waals surface area contributed by atoms with Gasteiger partial charge in [-0.15, -0.1) is 0 Å². The van der Waals surface area contributed by atoms with E-state index < -0.39 is 6.72 Å². The molecular weight excluding hydrogens is 230 g/mol. The third kappa shape index (κ3) is 1.91. The minimum atomic E-state index is -3.09. The zero-order valence-corrected chi connectivity index (χ0v) is 8.81. The standard InChI is InChI=1S/C8H5Cl2O2P/c9-7-1-2-8-6(5-7)3-4-13(10,11)12-8/h1-5H. The SMILES string of the molecule is O=P1(Cl)C=Cc2cc(Cl)ccc2O1. The summed E-state index contributed by atoms with van der Waals surface area (Å²) in [4.78, 5) is 0. The van der Waals surface area contributed by atoms with Crippen LogP contribution in [0, 0.1) is 0 Å². The summed E-state index contributed by atoms with van der Waals surface area (Å²) in [5.74, 6) is 1.86. The van der Waals surface area contributed by atoms with E-state index in [1.54, 1.807) is 24.3 Å². The molecule has 0 fully saturated rings. The molecule has 1 aromatic rings. The topological polar surface area (TPSA) is 26.3 Å². The van der Waals surface area contributed by atoms with Crippen LogP contribution in [0.1, 0.15) is 5.56 Å². The molecule has 1 heterocycles. The smallest absolute Gasteiger partial charge is 0.359 e. The van der Waals surface area contributed by atoms with Gasteiger partial charge in [-0.1, -0.05) is 11.6 Å². The number of hydrogen-bond donors (Lipinski definition) is 0. The van der Waals surface area contributed by atoms with E-state index in [0.717, 1.165) is 5.56 Å². The van der Waals surface area contributed by atoms with Gasteiger partial charge in [-0.25, -0.2) is 0 Å². The van der Waals surface area contributed by atoms with Crippen LogP contribution in [-0.2, 0) is 4.57 Å². The Morgan fingerprint density at radius 2 is 2.15 bits per heavy atom. The van der Waals surface area contributed by atoms with Crippen molar-refractivity contribution in [2.24, 2.45) is 0 Å². The van der Waals surface area contributed by atoms with Crippen LogP contribution in [0.4, 0.5) is 0 Å². The Morgan fingerprint density at radius 1 is 1.38 bits per heavy atom. The molecule has 2 nitrogen and oxygen atoms in total. The highest BCUT2D eigenvalue weighted by Crippen LogP contribution is 2.57. The van der Waals surface area contributed by atoms with Crippen molar-refractivity contribution >= 4 is 35.6 Å². The van der Waals surface area contributed by atoms with Crippen LogP contribution in [0.25, 0.3) is 6.08 Å². The predicted molar refractivity (Wildman–Crippen MR) is 54.6 cm³/mol. The van der Waals surface area contributed by atoms with Crippen molar-refractivity contribution in [3.63, 3.8) is 0 Å². The Kier molecular flexibility index (Phi) is 2.15. The third-order valence-electron chi connectivity index (χ3n) is 1.63. The van der Waals surface area contributed by atoms with Crippen molar-refractivity contribution in [2.45, 2.75) is 0 Å². The molecule has 1 aliphatic heterocycles. The Hall–Kier alpha value is -0.430. The number of benzene rings is 1. The van der Waals surface area contributed by atoms with Crippen LogP contribution in [0.15, 0.2) is 24.0 Å². The van der Waals surface area contributed by atoms with Crippen LogP contribution >= 0.6 is 29.6 Å². The second-order valence-corrected chi connectivity index (χ2v) is 5.98. The van der Waals surface area contributed by atoms with Crippen molar-refractivity contribution in [1.82, 2.24) is 0 Å². The molecule has 1 aliphatic rings. The Bertz CT molecular complexity index is 428. The van der Waals surface area contributed by atoms with Gasteiger partial charge in [0.25, 0.3) is 0 Å². The maximum absolute atomic E-state index is 11.3. The summed E-state index contributed by atoms with van der Waals surface area (Å²) in [7, 11) is 0. The van der Waals surface area contributed by atoms with Gasteiger partial charge in [0.15, 0.2) is 0 Å². The molecule has 1 unspecified atom stereocenters. The van der Waals surface area contributed by atoms with Gasteiger partial charge in [0.1, 0.15) is 5.75 Å². The number of rotatable bonds is 0. The van der Waals surface area contributed by atoms with E-state index in [0.29, 0.717) is 10.8 Å². The first kappa shape index (κ1) is 9.14. The molecule has 13 heavy (non-hydrogen) atoms. The molecule has 1 aromatic carbocycles. The number of fused-ring (bicyclic) bond motifs is 1. The average Bonchev–Trinajstić information content (AvgIpc) is 2.05. The molecule has 1 atom stereocenters. The normalized spacial score (nSPS) is 25.1. The van der Waals surface area contributed by atoms with E-state index in [2.05, 4.69) is 0 Å². The average molecular weight is 235 g/mol. The Morgan fingerprint density at radius 3 is 2.92 bits per heavy atom. The van der Waals surface area contributed by atoms with Crippen LogP contribution in [-0.4, -0.2) is 0 Å². The summed E-state index contributed by atoms with van der Waals surface area (Å²) in [5.41, 5.74) is 0.791. The van der Waals surface area contributed by atoms with Gasteiger partial charge in [-0.05, 0) is 35.5 Å². The summed E-state index contributed by atoms with van der Waals surface area (Å²) >= 11 is 11.3. The number of hydrogen-bond acceptors (Lipinski definition) is 2. The first-order chi connectivity index (χ1) is 6.07. The lowest BCUT2D eigenvalue weighted by Gasteiger charge is -2.15. The predicted octanol–water partition coefficient (Wildman–Crippen LogP) is 4.14. The summed E-state index contributed by atoms with van der Waals surface area (Å²) in [5, 5.41) is 0.610. The van der Waals surface area contributed by atoms with Crippen LogP contribution in [0.3, 0.4) is 0 Å². The largest absolute Gasteiger partial charge is 0.429 e. The van der Waals surface area contributed by atoms with Gasteiger partial charge in [-0.3, -0.25) is 4.57 Å². The third-order valence-corrected chi connectivity index (χ3v) is 3.36. The van der Waals surface area contributed by atoms with E-state index in [1.165, 1.54) is 5.82 Å². The fourth-order valence-corrected chi connectivity index (χ4v) is 2.47. The first-order valence-corrected chi connectivity index (χ1v) is 6.52. The highest BCUT2D eigenvalue weighted by Gasteiger charge is 2.22. The molecule has 0 bridgehead atoms. The van der Waals surface area contributed by atoms with E-state index in [4.69, 9.17) is 27.4 Å². The summed E-state index contributed by atoms with van der Waals surface area (Å²) in [6.45, 7) is -3.09. The van der Waals surface area contributed by atoms with Crippen LogP contribution in [0.2, 0.25) is 5.02 Å². The molecule has 5 heteroatoms. The maximum Gasteiger partial charge on any atom is 0.359 e. The van der Waals surface area contributed by atoms with E-state index in [9.17, 15) is 4.57 Å². The van der Waals surface area contributed by atoms with E-state index in [-0.39, 0.29) is 0 Å². The fraction of sp³-hybridized carbons (Fsp3) is 0. The monoisotopic (exact) mass is 234 g/mol. The van der Waals surface area contributed by atoms with Gasteiger partial charge >= 0.3 is 6.72 Å². The lowest BCUT2D eigenvalue weighted by molar-refractivity contribution is 0.505. The van der Waals surface area contributed by atoms with Crippen LogP contribution in [0.5, 0.6) is 5.75 Å². The fourth-order valence-electron chi connectivity index (χ4n) is 1.07. The van der Waals surface area contributed by atoms with Crippen LogP contribution < -0.4 is 4.52 Å². The lowest BCUT2D eigenvalue weighted by atomic mass is 10.2. The quantitative estimate of drug-likeness (QED) is 0.631. The van der Waals surface area contributed by atoms with Gasteiger partial charge in [-0.2, -0.15) is 0 Å². The molecule has 2 rings (SSSR count). The second-order valence-electron chi connectivity index (χ2n) is 2.61. The summed E-state index contributed by atoms with van der Waals surface area (Å²) in [6, 6.07) is 5.04. The van der Waals surface area contributed by atoms with Crippen molar-refractivity contribution in [2.75, 3.05) is 0 Å². The molecular formula is C8H5Cl2O2P. The van der Waals surface area contributed by atoms with E-state index >= 15 is 0 Å². The molecule has 0 N–H and O–H groups in total. The molecule has 0 saturated carbocycles. The van der Waals surface area contributed by atoms with Gasteiger partial charge in [0, 0.05) is 16.4 Å². The zero-order chi connectivity index (χ0) is 9.47. The number of halogens is 2. The summed E-state index contributed by atoms with van der Waals surface area (Å²) < 4.78 is 16.4. The second kappa shape index (κ2) is 3.06. The summed E-state index contributed by atoms with van der Waals surface area (Å²) in [6.07, 6.45) is 1.65. The van der Waals surface area contributed by atoms with Gasteiger partial charge < -0.3 is 4.52 Å². The zero-order valence-electron chi connectivity index (χ0n) is 6.41. The van der Waals surface area contributed by atoms with Crippen molar-refractivity contribution in [3.8, 4) is 5.75 Å². The van der Waals surface area contributed by atoms with Gasteiger partial charge in [0.05, 0.1) is 0 Å². The molecule has 0 aromatic heterocycles. The minimum Gasteiger partial charge on any atom is -0.429 e. The Balaban J connectivity index is 2.53. The molecule has 68 valence electrons. The first-order valence-electron chi connectivity index (χ1n) is 3.55.